The normalized spacial score (nSPS) is 17.7. The molecule has 3 N–H and O–H groups in total. The van der Waals surface area contributed by atoms with E-state index in [1.807, 2.05) is 32.5 Å². The Bertz CT molecular complexity index is 390. The predicted octanol–water partition coefficient (Wildman–Crippen LogP) is 2.43. The lowest BCUT2D eigenvalue weighted by Gasteiger charge is -2.28. The van der Waals surface area contributed by atoms with Gasteiger partial charge < -0.3 is 20.7 Å². The molecule has 1 atom stereocenters. The minimum absolute atomic E-state index is 0.00273. The molecule has 0 aliphatic carbocycles. The second kappa shape index (κ2) is 9.90. The second-order valence-electron chi connectivity index (χ2n) is 6.77. The van der Waals surface area contributed by atoms with Crippen molar-refractivity contribution in [1.29, 1.82) is 0 Å². The first-order valence-electron chi connectivity index (χ1n) is 8.44. The van der Waals surface area contributed by atoms with Gasteiger partial charge in [0.15, 0.2) is 5.96 Å². The summed E-state index contributed by atoms with van der Waals surface area (Å²) in [5.41, 5.74) is 5.66. The number of nitrogens with zero attached hydrogens (tertiary/aromatic N) is 2. The SMILES string of the molecule is CCCCC(CNC(=O)OC(C)(C)C)N=C(N)N1CCSCC1. The Balaban J connectivity index is 2.55. The van der Waals surface area contributed by atoms with Gasteiger partial charge in [-0.05, 0) is 27.2 Å². The van der Waals surface area contributed by atoms with Crippen LogP contribution in [0.3, 0.4) is 0 Å². The van der Waals surface area contributed by atoms with Crippen molar-refractivity contribution in [3.05, 3.63) is 0 Å². The van der Waals surface area contributed by atoms with Gasteiger partial charge in [0.25, 0.3) is 0 Å². The molecule has 1 rings (SSSR count). The van der Waals surface area contributed by atoms with Crippen LogP contribution in [0.1, 0.15) is 47.0 Å². The summed E-state index contributed by atoms with van der Waals surface area (Å²) in [6.45, 7) is 10.1. The van der Waals surface area contributed by atoms with Crippen molar-refractivity contribution >= 4 is 23.8 Å². The van der Waals surface area contributed by atoms with E-state index in [4.69, 9.17) is 10.5 Å². The summed E-state index contributed by atoms with van der Waals surface area (Å²) in [4.78, 5) is 18.6. The lowest BCUT2D eigenvalue weighted by Crippen LogP contribution is -2.44. The van der Waals surface area contributed by atoms with Gasteiger partial charge in [0.05, 0.1) is 6.04 Å². The largest absolute Gasteiger partial charge is 0.444 e. The first kappa shape index (κ1) is 19.9. The number of hydrogen-bond acceptors (Lipinski definition) is 4. The number of rotatable bonds is 6. The number of amides is 1. The maximum Gasteiger partial charge on any atom is 0.407 e. The van der Waals surface area contributed by atoms with Gasteiger partial charge in [-0.1, -0.05) is 19.8 Å². The summed E-state index contributed by atoms with van der Waals surface area (Å²) < 4.78 is 5.27. The molecule has 1 amide bonds. The second-order valence-corrected chi connectivity index (χ2v) is 7.99. The van der Waals surface area contributed by atoms with E-state index < -0.39 is 11.7 Å². The van der Waals surface area contributed by atoms with E-state index in [9.17, 15) is 4.79 Å². The molecule has 7 heteroatoms. The van der Waals surface area contributed by atoms with Crippen molar-refractivity contribution in [2.75, 3.05) is 31.1 Å². The Kier molecular flexibility index (Phi) is 8.58. The molecule has 23 heavy (non-hydrogen) atoms. The van der Waals surface area contributed by atoms with Crippen LogP contribution in [-0.4, -0.2) is 59.7 Å². The van der Waals surface area contributed by atoms with Gasteiger partial charge in [0.2, 0.25) is 0 Å². The Morgan fingerprint density at radius 1 is 1.39 bits per heavy atom. The van der Waals surface area contributed by atoms with Gasteiger partial charge in [-0.2, -0.15) is 11.8 Å². The summed E-state index contributed by atoms with van der Waals surface area (Å²) in [6, 6.07) is -0.00273. The number of alkyl carbamates (subject to hydrolysis) is 1. The van der Waals surface area contributed by atoms with Gasteiger partial charge in [-0.15, -0.1) is 0 Å². The van der Waals surface area contributed by atoms with Crippen LogP contribution in [0.4, 0.5) is 4.79 Å². The average molecular weight is 345 g/mol. The van der Waals surface area contributed by atoms with Crippen molar-refractivity contribution in [2.45, 2.75) is 58.6 Å². The maximum atomic E-state index is 11.8. The minimum Gasteiger partial charge on any atom is -0.444 e. The van der Waals surface area contributed by atoms with E-state index in [-0.39, 0.29) is 6.04 Å². The molecular weight excluding hydrogens is 312 g/mol. The van der Waals surface area contributed by atoms with E-state index in [0.717, 1.165) is 43.9 Å². The van der Waals surface area contributed by atoms with E-state index in [2.05, 4.69) is 22.1 Å². The monoisotopic (exact) mass is 344 g/mol. The Morgan fingerprint density at radius 2 is 2.04 bits per heavy atom. The van der Waals surface area contributed by atoms with Gasteiger partial charge in [-0.3, -0.25) is 0 Å². The zero-order valence-corrected chi connectivity index (χ0v) is 15.7. The number of ether oxygens (including phenoxy) is 1. The number of nitrogens with one attached hydrogen (secondary N) is 1. The van der Waals surface area contributed by atoms with Crippen LogP contribution in [0.15, 0.2) is 4.99 Å². The number of hydrogen-bond donors (Lipinski definition) is 2. The first-order valence-corrected chi connectivity index (χ1v) is 9.60. The molecule has 0 aromatic rings. The van der Waals surface area contributed by atoms with E-state index in [0.29, 0.717) is 12.5 Å². The smallest absolute Gasteiger partial charge is 0.407 e. The van der Waals surface area contributed by atoms with Crippen molar-refractivity contribution in [1.82, 2.24) is 10.2 Å². The number of carbonyl (C=O) groups excluding carboxylic acids is 1. The van der Waals surface area contributed by atoms with Gasteiger partial charge >= 0.3 is 6.09 Å². The third kappa shape index (κ3) is 8.93. The highest BCUT2D eigenvalue weighted by Gasteiger charge is 2.18. The number of guanidine groups is 1. The summed E-state index contributed by atoms with van der Waals surface area (Å²) in [7, 11) is 0. The molecule has 0 spiro atoms. The minimum atomic E-state index is -0.489. The summed E-state index contributed by atoms with van der Waals surface area (Å²) in [5.74, 6) is 2.77. The van der Waals surface area contributed by atoms with Crippen LogP contribution in [0.25, 0.3) is 0 Å². The Morgan fingerprint density at radius 3 is 2.61 bits per heavy atom. The highest BCUT2D eigenvalue weighted by molar-refractivity contribution is 7.99. The predicted molar refractivity (Wildman–Crippen MR) is 98.1 cm³/mol. The molecule has 134 valence electrons. The van der Waals surface area contributed by atoms with Gasteiger partial charge in [-0.25, -0.2) is 9.79 Å². The van der Waals surface area contributed by atoms with Crippen molar-refractivity contribution in [3.8, 4) is 0 Å². The Hall–Kier alpha value is -1.11. The van der Waals surface area contributed by atoms with Gasteiger partial charge in [0.1, 0.15) is 5.60 Å². The number of carbonyl (C=O) groups is 1. The molecular formula is C16H32N4O2S. The summed E-state index contributed by atoms with van der Waals surface area (Å²) >= 11 is 1.94. The molecule has 1 saturated heterocycles. The topological polar surface area (TPSA) is 79.9 Å². The first-order chi connectivity index (χ1) is 10.8. The molecule has 1 aliphatic rings. The fourth-order valence-electron chi connectivity index (χ4n) is 2.23. The molecule has 6 nitrogen and oxygen atoms in total. The third-order valence-corrected chi connectivity index (χ3v) is 4.36. The molecule has 0 saturated carbocycles. The zero-order valence-electron chi connectivity index (χ0n) is 14.9. The fourth-order valence-corrected chi connectivity index (χ4v) is 3.13. The Labute approximate surface area is 144 Å². The third-order valence-electron chi connectivity index (χ3n) is 3.42. The van der Waals surface area contributed by atoms with Crippen LogP contribution in [0, 0.1) is 0 Å². The standard InChI is InChI=1S/C16H32N4O2S/c1-5-6-7-13(12-18-15(21)22-16(2,3)4)19-14(17)20-8-10-23-11-9-20/h13H,5-12H2,1-4H3,(H2,17,19)(H,18,21). The van der Waals surface area contributed by atoms with Crippen LogP contribution < -0.4 is 11.1 Å². The molecule has 0 aromatic heterocycles. The molecule has 1 fully saturated rings. The van der Waals surface area contributed by atoms with Crippen molar-refractivity contribution < 1.29 is 9.53 Å². The maximum absolute atomic E-state index is 11.8. The van der Waals surface area contributed by atoms with Crippen LogP contribution >= 0.6 is 11.8 Å². The molecule has 0 aromatic carbocycles. The average Bonchev–Trinajstić information content (AvgIpc) is 2.49. The van der Waals surface area contributed by atoms with Crippen LogP contribution in [-0.2, 0) is 4.74 Å². The van der Waals surface area contributed by atoms with Crippen molar-refractivity contribution in [3.63, 3.8) is 0 Å². The molecule has 1 unspecified atom stereocenters. The van der Waals surface area contributed by atoms with E-state index >= 15 is 0 Å². The molecule has 0 radical (unpaired) electrons. The zero-order chi connectivity index (χ0) is 17.3. The van der Waals surface area contributed by atoms with E-state index in [1.165, 1.54) is 0 Å². The van der Waals surface area contributed by atoms with Crippen molar-refractivity contribution in [2.24, 2.45) is 10.7 Å². The number of unbranched alkanes of at least 4 members (excludes halogenated alkanes) is 1. The molecule has 1 aliphatic heterocycles. The van der Waals surface area contributed by atoms with Crippen LogP contribution in [0.5, 0.6) is 0 Å². The summed E-state index contributed by atoms with van der Waals surface area (Å²) in [6.07, 6.45) is 2.67. The highest BCUT2D eigenvalue weighted by Crippen LogP contribution is 2.11. The lowest BCUT2D eigenvalue weighted by molar-refractivity contribution is 0.0524. The number of aliphatic imine (C=N–C) groups is 1. The van der Waals surface area contributed by atoms with E-state index in [1.54, 1.807) is 0 Å². The number of thioether (sulfide) groups is 1. The summed E-state index contributed by atoms with van der Waals surface area (Å²) in [5, 5.41) is 2.81. The fraction of sp³-hybridized carbons (Fsp3) is 0.875. The number of nitrogens with two attached hydrogens (primary N) is 1. The molecule has 0 bridgehead atoms. The molecule has 1 heterocycles. The highest BCUT2D eigenvalue weighted by atomic mass is 32.2. The van der Waals surface area contributed by atoms with Crippen LogP contribution in [0.2, 0.25) is 0 Å². The quantitative estimate of drug-likeness (QED) is 0.571. The van der Waals surface area contributed by atoms with Gasteiger partial charge in [0, 0.05) is 31.1 Å². The lowest BCUT2D eigenvalue weighted by atomic mass is 10.1.